The first kappa shape index (κ1) is 22.5. The standard InChI is InChI=1S/C29H27FN4O2/c30-23-7-9-26(10-8-23)34-15-12-21-16-22(6-11-27(21)34)29(36)33-18-25(19-33)31-24-13-14-32(17-24)28(35)20-4-2-1-3-5-20/h1-12,15-16,24-25,31H,13-14,17-19H2. The lowest BCUT2D eigenvalue weighted by molar-refractivity contribution is 0.0553. The minimum atomic E-state index is -0.267. The van der Waals surface area contributed by atoms with E-state index in [-0.39, 0.29) is 29.7 Å². The van der Waals surface area contributed by atoms with Crippen LogP contribution in [0.15, 0.2) is 85.1 Å². The molecule has 0 radical (unpaired) electrons. The minimum absolute atomic E-state index is 0.0248. The number of hydrogen-bond acceptors (Lipinski definition) is 3. The molecule has 2 amide bonds. The fraction of sp³-hybridized carbons (Fsp3) is 0.241. The maximum Gasteiger partial charge on any atom is 0.253 e. The van der Waals surface area contributed by atoms with Crippen LogP contribution in [0.1, 0.15) is 27.1 Å². The lowest BCUT2D eigenvalue weighted by Crippen LogP contribution is -2.62. The molecule has 2 saturated heterocycles. The number of fused-ring (bicyclic) bond motifs is 1. The summed E-state index contributed by atoms with van der Waals surface area (Å²) >= 11 is 0. The quantitative estimate of drug-likeness (QED) is 0.466. The van der Waals surface area contributed by atoms with Crippen molar-refractivity contribution in [1.82, 2.24) is 19.7 Å². The number of amides is 2. The molecular formula is C29H27FN4O2. The Kier molecular flexibility index (Phi) is 5.77. The van der Waals surface area contributed by atoms with E-state index in [9.17, 15) is 14.0 Å². The molecule has 1 aromatic heterocycles. The molecule has 0 aliphatic carbocycles. The highest BCUT2D eigenvalue weighted by Gasteiger charge is 2.35. The summed E-state index contributed by atoms with van der Waals surface area (Å²) in [4.78, 5) is 29.5. The first-order valence-electron chi connectivity index (χ1n) is 12.3. The number of hydrogen-bond donors (Lipinski definition) is 1. The molecule has 1 N–H and O–H groups in total. The molecule has 2 aliphatic heterocycles. The fourth-order valence-corrected chi connectivity index (χ4v) is 5.21. The second-order valence-electron chi connectivity index (χ2n) is 9.61. The maximum absolute atomic E-state index is 13.3. The molecule has 3 heterocycles. The van der Waals surface area contributed by atoms with Crippen molar-refractivity contribution in [2.24, 2.45) is 0 Å². The van der Waals surface area contributed by atoms with E-state index in [2.05, 4.69) is 5.32 Å². The second-order valence-corrected chi connectivity index (χ2v) is 9.61. The SMILES string of the molecule is O=C(c1ccccc1)N1CCC(NC2CN(C(=O)c3ccc4c(ccn4-c4ccc(F)cc4)c3)C2)C1. The Morgan fingerprint density at radius 1 is 0.778 bits per heavy atom. The van der Waals surface area contributed by atoms with Crippen molar-refractivity contribution in [1.29, 1.82) is 0 Å². The zero-order chi connectivity index (χ0) is 24.6. The van der Waals surface area contributed by atoms with Gasteiger partial charge in [-0.15, -0.1) is 0 Å². The number of carbonyl (C=O) groups excluding carboxylic acids is 2. The third-order valence-corrected chi connectivity index (χ3v) is 7.18. The molecule has 182 valence electrons. The summed E-state index contributed by atoms with van der Waals surface area (Å²) in [5.41, 5.74) is 3.23. The zero-order valence-electron chi connectivity index (χ0n) is 19.8. The van der Waals surface area contributed by atoms with Gasteiger partial charge in [-0.1, -0.05) is 18.2 Å². The zero-order valence-corrected chi connectivity index (χ0v) is 19.8. The minimum Gasteiger partial charge on any atom is -0.337 e. The Labute approximate surface area is 208 Å². The number of aromatic nitrogens is 1. The van der Waals surface area contributed by atoms with Gasteiger partial charge in [0.2, 0.25) is 0 Å². The molecule has 6 nitrogen and oxygen atoms in total. The maximum atomic E-state index is 13.3. The third-order valence-electron chi connectivity index (χ3n) is 7.18. The van der Waals surface area contributed by atoms with Gasteiger partial charge in [-0.25, -0.2) is 4.39 Å². The van der Waals surface area contributed by atoms with E-state index < -0.39 is 0 Å². The molecular weight excluding hydrogens is 455 g/mol. The van der Waals surface area contributed by atoms with E-state index in [1.807, 2.05) is 75.2 Å². The summed E-state index contributed by atoms with van der Waals surface area (Å²) in [5, 5.41) is 4.59. The monoisotopic (exact) mass is 482 g/mol. The summed E-state index contributed by atoms with van der Waals surface area (Å²) in [6.07, 6.45) is 2.86. The number of nitrogens with zero attached hydrogens (tertiary/aromatic N) is 3. The predicted molar refractivity (Wildman–Crippen MR) is 137 cm³/mol. The highest BCUT2D eigenvalue weighted by molar-refractivity contribution is 5.99. The first-order valence-corrected chi connectivity index (χ1v) is 12.3. The number of likely N-dealkylation sites (tertiary alicyclic amines) is 2. The summed E-state index contributed by atoms with van der Waals surface area (Å²) in [5.74, 6) is -0.165. The van der Waals surface area contributed by atoms with Crippen LogP contribution < -0.4 is 5.32 Å². The Bertz CT molecular complexity index is 1410. The van der Waals surface area contributed by atoms with Crippen molar-refractivity contribution in [3.05, 3.63) is 102 Å². The van der Waals surface area contributed by atoms with Gasteiger partial charge in [0.25, 0.3) is 11.8 Å². The van der Waals surface area contributed by atoms with Gasteiger partial charge in [-0.3, -0.25) is 9.59 Å². The van der Waals surface area contributed by atoms with Gasteiger partial charge in [0.1, 0.15) is 5.82 Å². The van der Waals surface area contributed by atoms with E-state index in [1.165, 1.54) is 12.1 Å². The molecule has 0 saturated carbocycles. The van der Waals surface area contributed by atoms with E-state index in [0.717, 1.165) is 35.1 Å². The van der Waals surface area contributed by atoms with Crippen molar-refractivity contribution in [2.75, 3.05) is 26.2 Å². The molecule has 0 bridgehead atoms. The van der Waals surface area contributed by atoms with Gasteiger partial charge < -0.3 is 19.7 Å². The number of benzene rings is 3. The van der Waals surface area contributed by atoms with Gasteiger partial charge >= 0.3 is 0 Å². The van der Waals surface area contributed by atoms with Crippen LogP contribution in [0.2, 0.25) is 0 Å². The average molecular weight is 483 g/mol. The molecule has 4 aromatic rings. The second kappa shape index (κ2) is 9.24. The highest BCUT2D eigenvalue weighted by atomic mass is 19.1. The van der Waals surface area contributed by atoms with Crippen LogP contribution in [-0.4, -0.2) is 64.4 Å². The van der Waals surface area contributed by atoms with E-state index in [4.69, 9.17) is 0 Å². The Hall–Kier alpha value is -3.97. The lowest BCUT2D eigenvalue weighted by Gasteiger charge is -2.41. The number of rotatable bonds is 5. The van der Waals surface area contributed by atoms with Crippen molar-refractivity contribution >= 4 is 22.7 Å². The highest BCUT2D eigenvalue weighted by Crippen LogP contribution is 2.24. The summed E-state index contributed by atoms with van der Waals surface area (Å²) in [6, 6.07) is 23.9. The van der Waals surface area contributed by atoms with Gasteiger partial charge in [0, 0.05) is 66.7 Å². The summed E-state index contributed by atoms with van der Waals surface area (Å²) < 4.78 is 15.3. The number of nitrogens with one attached hydrogen (secondary N) is 1. The largest absolute Gasteiger partial charge is 0.337 e. The number of halogens is 1. The average Bonchev–Trinajstić information content (AvgIpc) is 3.53. The van der Waals surface area contributed by atoms with Crippen molar-refractivity contribution < 1.29 is 14.0 Å². The third kappa shape index (κ3) is 4.27. The smallest absolute Gasteiger partial charge is 0.253 e. The predicted octanol–water partition coefficient (Wildman–Crippen LogP) is 4.10. The molecule has 2 aliphatic rings. The molecule has 6 rings (SSSR count). The number of carbonyl (C=O) groups is 2. The molecule has 2 fully saturated rings. The normalized spacial score (nSPS) is 18.0. The Balaban J connectivity index is 1.04. The van der Waals surface area contributed by atoms with Crippen LogP contribution in [0.5, 0.6) is 0 Å². The van der Waals surface area contributed by atoms with Gasteiger partial charge in [-0.05, 0) is 67.1 Å². The van der Waals surface area contributed by atoms with Crippen LogP contribution >= 0.6 is 0 Å². The van der Waals surface area contributed by atoms with Crippen LogP contribution in [0.25, 0.3) is 16.6 Å². The molecule has 1 unspecified atom stereocenters. The van der Waals surface area contributed by atoms with E-state index in [1.54, 1.807) is 12.1 Å². The van der Waals surface area contributed by atoms with Crippen molar-refractivity contribution in [3.8, 4) is 5.69 Å². The molecule has 3 aromatic carbocycles. The summed E-state index contributed by atoms with van der Waals surface area (Å²) in [6.45, 7) is 2.77. The molecule has 36 heavy (non-hydrogen) atoms. The molecule has 7 heteroatoms. The Morgan fingerprint density at radius 2 is 1.50 bits per heavy atom. The van der Waals surface area contributed by atoms with Crippen molar-refractivity contribution in [2.45, 2.75) is 18.5 Å². The van der Waals surface area contributed by atoms with Crippen LogP contribution in [0.3, 0.4) is 0 Å². The van der Waals surface area contributed by atoms with E-state index >= 15 is 0 Å². The van der Waals surface area contributed by atoms with Crippen molar-refractivity contribution in [3.63, 3.8) is 0 Å². The summed E-state index contributed by atoms with van der Waals surface area (Å²) in [7, 11) is 0. The van der Waals surface area contributed by atoms with Gasteiger partial charge in [0.05, 0.1) is 5.52 Å². The lowest BCUT2D eigenvalue weighted by atomic mass is 10.0. The van der Waals surface area contributed by atoms with Crippen LogP contribution in [0, 0.1) is 5.82 Å². The van der Waals surface area contributed by atoms with E-state index in [0.29, 0.717) is 25.2 Å². The Morgan fingerprint density at radius 3 is 2.28 bits per heavy atom. The van der Waals surface area contributed by atoms with Gasteiger partial charge in [0.15, 0.2) is 0 Å². The molecule has 1 atom stereocenters. The first-order chi connectivity index (χ1) is 17.5. The van der Waals surface area contributed by atoms with Gasteiger partial charge in [-0.2, -0.15) is 0 Å². The topological polar surface area (TPSA) is 57.6 Å². The molecule has 0 spiro atoms. The van der Waals surface area contributed by atoms with Crippen LogP contribution in [0.4, 0.5) is 4.39 Å². The van der Waals surface area contributed by atoms with Crippen LogP contribution in [-0.2, 0) is 0 Å². The fourth-order valence-electron chi connectivity index (χ4n) is 5.21.